The van der Waals surface area contributed by atoms with E-state index >= 15 is 0 Å². The first-order chi connectivity index (χ1) is 9.85. The lowest BCUT2D eigenvalue weighted by Crippen LogP contribution is -2.34. The van der Waals surface area contributed by atoms with Crippen LogP contribution in [0.4, 0.5) is 5.82 Å². The third-order valence-electron chi connectivity index (χ3n) is 4.33. The van der Waals surface area contributed by atoms with Gasteiger partial charge in [-0.15, -0.1) is 0 Å². The van der Waals surface area contributed by atoms with Gasteiger partial charge in [0, 0.05) is 26.2 Å². The number of rotatable bonds is 3. The van der Waals surface area contributed by atoms with Crippen LogP contribution in [-0.2, 0) is 21.7 Å². The molecule has 0 unspecified atom stereocenters. The molecule has 0 saturated carbocycles. The van der Waals surface area contributed by atoms with Gasteiger partial charge in [0.15, 0.2) is 9.84 Å². The van der Waals surface area contributed by atoms with Crippen molar-refractivity contribution in [2.45, 2.75) is 18.6 Å². The van der Waals surface area contributed by atoms with E-state index in [1.165, 1.54) is 0 Å². The molecule has 2 saturated heterocycles. The molecule has 0 aliphatic carbocycles. The van der Waals surface area contributed by atoms with E-state index in [9.17, 15) is 13.2 Å². The molecule has 1 aromatic rings. The van der Waals surface area contributed by atoms with Crippen LogP contribution in [0.15, 0.2) is 6.07 Å². The van der Waals surface area contributed by atoms with Crippen molar-refractivity contribution < 1.29 is 13.2 Å². The molecule has 2 aliphatic heterocycles. The average Bonchev–Trinajstić information content (AvgIpc) is 2.98. The Morgan fingerprint density at radius 2 is 2.24 bits per heavy atom. The number of hydrogen-bond acceptors (Lipinski definition) is 5. The molecule has 1 aromatic heterocycles. The Morgan fingerprint density at radius 1 is 1.48 bits per heavy atom. The van der Waals surface area contributed by atoms with Crippen molar-refractivity contribution in [3.63, 3.8) is 0 Å². The smallest absolute Gasteiger partial charge is 0.239 e. The summed E-state index contributed by atoms with van der Waals surface area (Å²) >= 11 is 0. The molecule has 0 aromatic carbocycles. The predicted octanol–water partition coefficient (Wildman–Crippen LogP) is -0.214. The number of likely N-dealkylation sites (tertiary alicyclic amines) is 1. The van der Waals surface area contributed by atoms with Crippen LogP contribution in [0.5, 0.6) is 0 Å². The summed E-state index contributed by atoms with van der Waals surface area (Å²) in [6, 6.07) is 1.81. The molecule has 0 spiro atoms. The van der Waals surface area contributed by atoms with Crippen molar-refractivity contribution in [1.29, 1.82) is 0 Å². The van der Waals surface area contributed by atoms with Crippen LogP contribution in [0.25, 0.3) is 0 Å². The number of carbonyl (C=O) groups excluding carboxylic acids is 1. The molecule has 1 amide bonds. The van der Waals surface area contributed by atoms with Crippen LogP contribution in [0, 0.1) is 12.8 Å². The number of nitrogens with one attached hydrogen (secondary N) is 1. The maximum atomic E-state index is 12.1. The first-order valence-corrected chi connectivity index (χ1v) is 8.81. The molecule has 116 valence electrons. The highest BCUT2D eigenvalue weighted by atomic mass is 32.2. The third-order valence-corrected chi connectivity index (χ3v) is 6.59. The Kier molecular flexibility index (Phi) is 3.53. The number of hydrogen-bond donors (Lipinski definition) is 1. The predicted molar refractivity (Wildman–Crippen MR) is 78.7 cm³/mol. The molecule has 3 rings (SSSR count). The highest BCUT2D eigenvalue weighted by molar-refractivity contribution is 7.92. The van der Waals surface area contributed by atoms with Crippen molar-refractivity contribution in [3.05, 3.63) is 11.8 Å². The minimum absolute atomic E-state index is 0.129. The number of amides is 1. The number of fused-ring (bicyclic) bond motifs is 1. The lowest BCUT2D eigenvalue weighted by atomic mass is 10.1. The molecule has 0 radical (unpaired) electrons. The first kappa shape index (κ1) is 14.5. The topological polar surface area (TPSA) is 84.3 Å². The Morgan fingerprint density at radius 3 is 2.86 bits per heavy atom. The molecule has 3 heterocycles. The zero-order valence-corrected chi connectivity index (χ0v) is 13.1. The second kappa shape index (κ2) is 5.10. The molecular weight excluding hydrogens is 292 g/mol. The van der Waals surface area contributed by atoms with E-state index < -0.39 is 9.84 Å². The normalized spacial score (nSPS) is 27.7. The highest BCUT2D eigenvalue weighted by Gasteiger charge is 2.46. The largest absolute Gasteiger partial charge is 0.310 e. The fourth-order valence-corrected chi connectivity index (χ4v) is 5.50. The maximum absolute atomic E-state index is 12.1. The maximum Gasteiger partial charge on any atom is 0.239 e. The summed E-state index contributed by atoms with van der Waals surface area (Å²) in [6.07, 6.45) is 0.728. The molecule has 7 nitrogen and oxygen atoms in total. The van der Waals surface area contributed by atoms with E-state index in [0.29, 0.717) is 24.7 Å². The second-order valence-electron chi connectivity index (χ2n) is 5.99. The number of anilines is 1. The quantitative estimate of drug-likeness (QED) is 0.834. The molecule has 2 fully saturated rings. The summed E-state index contributed by atoms with van der Waals surface area (Å²) < 4.78 is 25.4. The van der Waals surface area contributed by atoms with Crippen molar-refractivity contribution >= 4 is 21.6 Å². The van der Waals surface area contributed by atoms with Gasteiger partial charge in [-0.2, -0.15) is 5.10 Å². The van der Waals surface area contributed by atoms with E-state index in [0.717, 1.165) is 12.1 Å². The van der Waals surface area contributed by atoms with E-state index in [1.807, 2.05) is 11.8 Å². The van der Waals surface area contributed by atoms with E-state index in [2.05, 4.69) is 10.4 Å². The molecule has 2 atom stereocenters. The van der Waals surface area contributed by atoms with Gasteiger partial charge in [0.05, 0.1) is 23.2 Å². The van der Waals surface area contributed by atoms with E-state index in [1.54, 1.807) is 17.8 Å². The zero-order chi connectivity index (χ0) is 15.2. The lowest BCUT2D eigenvalue weighted by Gasteiger charge is -2.16. The van der Waals surface area contributed by atoms with Crippen molar-refractivity contribution in [1.82, 2.24) is 14.7 Å². The molecule has 1 N–H and O–H groups in total. The summed E-state index contributed by atoms with van der Waals surface area (Å²) in [5.74, 6) is 1.03. The van der Waals surface area contributed by atoms with Gasteiger partial charge in [-0.05, 0) is 19.3 Å². The Balaban J connectivity index is 1.58. The summed E-state index contributed by atoms with van der Waals surface area (Å²) in [4.78, 5) is 14.0. The Hall–Kier alpha value is -1.41. The first-order valence-electron chi connectivity index (χ1n) is 7.09. The standard InChI is InChI=1S/C13H20N4O3S/c1-9-5-12(16(2)15-9)14-13(18)8-17-6-10-3-4-21(19,20)11(10)7-17/h5,10-11H,3-4,6-8H2,1-2H3,(H,14,18)/t10-,11+/m0/s1. The van der Waals surface area contributed by atoms with E-state index in [-0.39, 0.29) is 23.6 Å². The van der Waals surface area contributed by atoms with Crippen LogP contribution in [-0.4, -0.2) is 59.6 Å². The number of carbonyl (C=O) groups is 1. The lowest BCUT2D eigenvalue weighted by molar-refractivity contribution is -0.117. The summed E-state index contributed by atoms with van der Waals surface area (Å²) in [6.45, 7) is 3.27. The fourth-order valence-electron chi connectivity index (χ4n) is 3.32. The summed E-state index contributed by atoms with van der Waals surface area (Å²) in [5, 5.41) is 6.71. The van der Waals surface area contributed by atoms with Crippen LogP contribution < -0.4 is 5.32 Å². The number of sulfone groups is 1. The van der Waals surface area contributed by atoms with Crippen molar-refractivity contribution in [3.8, 4) is 0 Å². The average molecular weight is 312 g/mol. The number of nitrogens with zero attached hydrogens (tertiary/aromatic N) is 3. The minimum atomic E-state index is -2.94. The van der Waals surface area contributed by atoms with Gasteiger partial charge in [0.1, 0.15) is 5.82 Å². The van der Waals surface area contributed by atoms with Crippen molar-refractivity contribution in [2.24, 2.45) is 13.0 Å². The fraction of sp³-hybridized carbons (Fsp3) is 0.692. The molecule has 8 heteroatoms. The van der Waals surface area contributed by atoms with Gasteiger partial charge in [-0.1, -0.05) is 0 Å². The number of aromatic nitrogens is 2. The molecule has 21 heavy (non-hydrogen) atoms. The van der Waals surface area contributed by atoms with Crippen LogP contribution in [0.2, 0.25) is 0 Å². The van der Waals surface area contributed by atoms with Crippen LogP contribution in [0.1, 0.15) is 12.1 Å². The molecule has 2 aliphatic rings. The third kappa shape index (κ3) is 2.82. The highest BCUT2D eigenvalue weighted by Crippen LogP contribution is 2.33. The van der Waals surface area contributed by atoms with Gasteiger partial charge in [0.2, 0.25) is 5.91 Å². The zero-order valence-electron chi connectivity index (χ0n) is 12.2. The minimum Gasteiger partial charge on any atom is -0.310 e. The van der Waals surface area contributed by atoms with E-state index in [4.69, 9.17) is 0 Å². The van der Waals surface area contributed by atoms with Gasteiger partial charge >= 0.3 is 0 Å². The molecule has 0 bridgehead atoms. The van der Waals surface area contributed by atoms with Gasteiger partial charge in [0.25, 0.3) is 0 Å². The Labute approximate surface area is 124 Å². The van der Waals surface area contributed by atoms with Crippen LogP contribution in [0.3, 0.4) is 0 Å². The second-order valence-corrected chi connectivity index (χ2v) is 8.33. The van der Waals surface area contributed by atoms with Crippen LogP contribution >= 0.6 is 0 Å². The Bertz CT molecular complexity index is 667. The summed E-state index contributed by atoms with van der Waals surface area (Å²) in [7, 11) is -1.17. The van der Waals surface area contributed by atoms with Gasteiger partial charge in [-0.3, -0.25) is 14.4 Å². The number of aryl methyl sites for hydroxylation is 2. The SMILES string of the molecule is Cc1cc(NC(=O)CN2C[C@@H]3CCS(=O)(=O)[C@@H]3C2)n(C)n1. The monoisotopic (exact) mass is 312 g/mol. The van der Waals surface area contributed by atoms with Gasteiger partial charge in [-0.25, -0.2) is 8.42 Å². The molecular formula is C13H20N4O3S. The van der Waals surface area contributed by atoms with Gasteiger partial charge < -0.3 is 5.32 Å². The van der Waals surface area contributed by atoms with Crippen molar-refractivity contribution in [2.75, 3.05) is 30.7 Å². The summed E-state index contributed by atoms with van der Waals surface area (Å²) in [5.41, 5.74) is 0.842.